The molecular weight excluding hydrogens is 411 g/mol. The van der Waals surface area contributed by atoms with Crippen molar-refractivity contribution in [3.63, 3.8) is 0 Å². The van der Waals surface area contributed by atoms with Crippen molar-refractivity contribution in [2.75, 3.05) is 18.4 Å². The lowest BCUT2D eigenvalue weighted by Gasteiger charge is -2.42. The number of aryl methyl sites for hydroxylation is 2. The van der Waals surface area contributed by atoms with Gasteiger partial charge in [-0.05, 0) is 61.9 Å². The minimum Gasteiger partial charge on any atom is -0.372 e. The zero-order valence-corrected chi connectivity index (χ0v) is 19.0. The van der Waals surface area contributed by atoms with Gasteiger partial charge in [0, 0.05) is 25.3 Å². The van der Waals surface area contributed by atoms with Crippen molar-refractivity contribution in [1.29, 1.82) is 0 Å². The van der Waals surface area contributed by atoms with E-state index in [9.17, 15) is 9.50 Å². The third-order valence-corrected chi connectivity index (χ3v) is 7.02. The first kappa shape index (κ1) is 21.9. The van der Waals surface area contributed by atoms with Crippen LogP contribution >= 0.6 is 11.3 Å². The molecule has 164 valence electrons. The number of aliphatic hydroxyl groups excluding tert-OH is 1. The molecule has 3 heterocycles. The highest BCUT2D eigenvalue weighted by atomic mass is 32.1. The molecule has 2 aromatic heterocycles. The number of piperidine rings is 1. The van der Waals surface area contributed by atoms with Gasteiger partial charge in [0.15, 0.2) is 6.23 Å². The van der Waals surface area contributed by atoms with Gasteiger partial charge in [-0.3, -0.25) is 4.90 Å². The third kappa shape index (κ3) is 4.95. The van der Waals surface area contributed by atoms with Gasteiger partial charge in [-0.2, -0.15) is 0 Å². The quantitative estimate of drug-likeness (QED) is 0.554. The van der Waals surface area contributed by atoms with Crippen LogP contribution in [0.5, 0.6) is 0 Å². The maximum atomic E-state index is 13.4. The summed E-state index contributed by atoms with van der Waals surface area (Å²) >= 11 is 1.53. The van der Waals surface area contributed by atoms with E-state index in [-0.39, 0.29) is 11.9 Å². The highest BCUT2D eigenvalue weighted by molar-refractivity contribution is 7.15. The zero-order valence-electron chi connectivity index (χ0n) is 18.2. The second kappa shape index (κ2) is 9.42. The molecule has 4 rings (SSSR count). The van der Waals surface area contributed by atoms with Crippen LogP contribution in [0.15, 0.2) is 42.6 Å². The number of hydrogen-bond acceptors (Lipinski definition) is 6. The lowest BCUT2D eigenvalue weighted by atomic mass is 9.90. The number of nitrogens with one attached hydrogen (secondary N) is 1. The number of likely N-dealkylation sites (tertiary alicyclic amines) is 1. The SMILES string of the molecule is Cc1ccc(NC[C@@H]2[C@H](C)CCCN2C(O)c2nc(C)sc2-c2ccc(F)cc2)nc1. The number of hydrogen-bond donors (Lipinski definition) is 2. The number of pyridine rings is 1. The molecule has 0 bridgehead atoms. The summed E-state index contributed by atoms with van der Waals surface area (Å²) in [5.74, 6) is 0.998. The molecule has 5 nitrogen and oxygen atoms in total. The summed E-state index contributed by atoms with van der Waals surface area (Å²) in [7, 11) is 0. The predicted octanol–water partition coefficient (Wildman–Crippen LogP) is 5.16. The Hall–Kier alpha value is -2.35. The fourth-order valence-electron chi connectivity index (χ4n) is 4.27. The van der Waals surface area contributed by atoms with Crippen molar-refractivity contribution in [1.82, 2.24) is 14.9 Å². The Morgan fingerprint density at radius 2 is 2.00 bits per heavy atom. The molecular formula is C24H29FN4OS. The van der Waals surface area contributed by atoms with Crippen LogP contribution in [0.2, 0.25) is 0 Å². The van der Waals surface area contributed by atoms with E-state index in [4.69, 9.17) is 0 Å². The first-order valence-electron chi connectivity index (χ1n) is 10.8. The second-order valence-electron chi connectivity index (χ2n) is 8.35. The number of nitrogens with zero attached hydrogens (tertiary/aromatic N) is 3. The summed E-state index contributed by atoms with van der Waals surface area (Å²) in [5.41, 5.74) is 2.66. The fourth-order valence-corrected chi connectivity index (χ4v) is 5.22. The van der Waals surface area contributed by atoms with Gasteiger partial charge in [0.1, 0.15) is 17.3 Å². The standard InChI is InChI=1S/C24H29FN4OS/c1-15-6-11-21(26-13-15)27-14-20-16(2)5-4-12-29(20)24(30)22-23(31-17(3)28-22)18-7-9-19(25)10-8-18/h6-11,13,16,20,24,30H,4-5,12,14H2,1-3H3,(H,26,27)/t16-,20-,24?/m1/s1. The van der Waals surface area contributed by atoms with E-state index in [1.165, 1.54) is 23.5 Å². The van der Waals surface area contributed by atoms with E-state index in [2.05, 4.69) is 27.1 Å². The van der Waals surface area contributed by atoms with Crippen molar-refractivity contribution in [3.05, 3.63) is 64.7 Å². The summed E-state index contributed by atoms with van der Waals surface area (Å²) in [5, 5.41) is 15.8. The van der Waals surface area contributed by atoms with Gasteiger partial charge in [0.2, 0.25) is 0 Å². The zero-order chi connectivity index (χ0) is 22.0. The molecule has 0 aliphatic carbocycles. The number of benzene rings is 1. The van der Waals surface area contributed by atoms with Crippen LogP contribution in [-0.2, 0) is 0 Å². The third-order valence-electron chi connectivity index (χ3n) is 5.99. The number of rotatable bonds is 6. The normalized spacial score (nSPS) is 20.5. The highest BCUT2D eigenvalue weighted by Crippen LogP contribution is 2.38. The van der Waals surface area contributed by atoms with E-state index < -0.39 is 6.23 Å². The van der Waals surface area contributed by atoms with E-state index >= 15 is 0 Å². The van der Waals surface area contributed by atoms with E-state index in [1.54, 1.807) is 12.1 Å². The first-order valence-corrected chi connectivity index (χ1v) is 11.6. The highest BCUT2D eigenvalue weighted by Gasteiger charge is 2.35. The lowest BCUT2D eigenvalue weighted by molar-refractivity contribution is -0.0571. The number of thiazole rings is 1. The maximum Gasteiger partial charge on any atom is 0.152 e. The fraction of sp³-hybridized carbons (Fsp3) is 0.417. The molecule has 1 aliphatic heterocycles. The number of halogens is 1. The van der Waals surface area contributed by atoms with Crippen molar-refractivity contribution in [3.8, 4) is 10.4 Å². The average molecular weight is 441 g/mol. The molecule has 1 fully saturated rings. The number of anilines is 1. The number of aliphatic hydroxyl groups is 1. The maximum absolute atomic E-state index is 13.4. The largest absolute Gasteiger partial charge is 0.372 e. The molecule has 1 unspecified atom stereocenters. The Kier molecular flexibility index (Phi) is 6.65. The van der Waals surface area contributed by atoms with E-state index in [0.717, 1.165) is 46.2 Å². The minimum atomic E-state index is -0.814. The van der Waals surface area contributed by atoms with Gasteiger partial charge < -0.3 is 10.4 Å². The summed E-state index contributed by atoms with van der Waals surface area (Å²) in [6, 6.07) is 10.6. The molecule has 2 N–H and O–H groups in total. The Labute approximate surface area is 187 Å². The van der Waals surface area contributed by atoms with Gasteiger partial charge in [0.25, 0.3) is 0 Å². The molecule has 1 saturated heterocycles. The van der Waals surface area contributed by atoms with Crippen molar-refractivity contribution in [2.45, 2.75) is 45.9 Å². The monoisotopic (exact) mass is 440 g/mol. The first-order chi connectivity index (χ1) is 14.9. The van der Waals surface area contributed by atoms with Crippen LogP contribution in [0.4, 0.5) is 10.2 Å². The Morgan fingerprint density at radius 3 is 2.71 bits per heavy atom. The van der Waals surface area contributed by atoms with Crippen LogP contribution < -0.4 is 5.32 Å². The molecule has 31 heavy (non-hydrogen) atoms. The average Bonchev–Trinajstić information content (AvgIpc) is 3.15. The second-order valence-corrected chi connectivity index (χ2v) is 9.56. The smallest absolute Gasteiger partial charge is 0.152 e. The van der Waals surface area contributed by atoms with Gasteiger partial charge in [-0.1, -0.05) is 25.1 Å². The van der Waals surface area contributed by atoms with Crippen LogP contribution in [0.25, 0.3) is 10.4 Å². The summed E-state index contributed by atoms with van der Waals surface area (Å²) in [6.07, 6.45) is 3.20. The summed E-state index contributed by atoms with van der Waals surface area (Å²) in [4.78, 5) is 12.2. The van der Waals surface area contributed by atoms with Gasteiger partial charge >= 0.3 is 0 Å². The van der Waals surface area contributed by atoms with E-state index in [0.29, 0.717) is 18.2 Å². The molecule has 3 atom stereocenters. The molecule has 1 aliphatic rings. The molecule has 0 radical (unpaired) electrons. The summed E-state index contributed by atoms with van der Waals surface area (Å²) in [6.45, 7) is 7.70. The predicted molar refractivity (Wildman–Crippen MR) is 124 cm³/mol. The lowest BCUT2D eigenvalue weighted by Crippen LogP contribution is -2.49. The number of aromatic nitrogens is 2. The molecule has 0 spiro atoms. The van der Waals surface area contributed by atoms with Crippen molar-refractivity contribution >= 4 is 17.2 Å². The van der Waals surface area contributed by atoms with Crippen molar-refractivity contribution < 1.29 is 9.50 Å². The Balaban J connectivity index is 1.57. The van der Waals surface area contributed by atoms with Crippen LogP contribution in [0, 0.1) is 25.6 Å². The van der Waals surface area contributed by atoms with E-state index in [1.807, 2.05) is 32.2 Å². The van der Waals surface area contributed by atoms with Crippen LogP contribution in [0.3, 0.4) is 0 Å². The van der Waals surface area contributed by atoms with Gasteiger partial charge in [0.05, 0.1) is 9.88 Å². The topological polar surface area (TPSA) is 61.3 Å². The molecule has 1 aromatic carbocycles. The molecule has 3 aromatic rings. The van der Waals surface area contributed by atoms with Crippen molar-refractivity contribution in [2.24, 2.45) is 5.92 Å². The van der Waals surface area contributed by atoms with Gasteiger partial charge in [-0.15, -0.1) is 11.3 Å². The molecule has 0 amide bonds. The Bertz CT molecular complexity index is 1010. The minimum absolute atomic E-state index is 0.148. The molecule has 7 heteroatoms. The van der Waals surface area contributed by atoms with Gasteiger partial charge in [-0.25, -0.2) is 14.4 Å². The Morgan fingerprint density at radius 1 is 1.23 bits per heavy atom. The molecule has 0 saturated carbocycles. The summed E-state index contributed by atoms with van der Waals surface area (Å²) < 4.78 is 13.4. The van der Waals surface area contributed by atoms with Crippen LogP contribution in [-0.4, -0.2) is 39.1 Å². The van der Waals surface area contributed by atoms with Crippen LogP contribution in [0.1, 0.15) is 42.3 Å².